The zero-order valence-electron chi connectivity index (χ0n) is 9.17. The number of rotatable bonds is 4. The third-order valence-corrected chi connectivity index (χ3v) is 2.62. The highest BCUT2D eigenvalue weighted by molar-refractivity contribution is 9.10. The molecule has 0 bridgehead atoms. The molecule has 0 unspecified atom stereocenters. The maximum Gasteiger partial charge on any atom is 0.225 e. The first kappa shape index (κ1) is 13.0. The molecule has 16 heavy (non-hydrogen) atoms. The average Bonchev–Trinajstić information content (AvgIpc) is 2.23. The lowest BCUT2D eigenvalue weighted by Gasteiger charge is -2.11. The SMILES string of the molecule is CN(C)C(=O)CCOc1ccc(Br)c(F)c1. The van der Waals surface area contributed by atoms with Crippen LogP contribution in [0.4, 0.5) is 4.39 Å². The molecule has 0 radical (unpaired) electrons. The van der Waals surface area contributed by atoms with Gasteiger partial charge in [-0.05, 0) is 28.1 Å². The van der Waals surface area contributed by atoms with E-state index >= 15 is 0 Å². The van der Waals surface area contributed by atoms with Crippen molar-refractivity contribution in [3.8, 4) is 5.75 Å². The topological polar surface area (TPSA) is 29.5 Å². The summed E-state index contributed by atoms with van der Waals surface area (Å²) in [7, 11) is 3.36. The van der Waals surface area contributed by atoms with Crippen molar-refractivity contribution in [3.63, 3.8) is 0 Å². The van der Waals surface area contributed by atoms with Crippen LogP contribution < -0.4 is 4.74 Å². The van der Waals surface area contributed by atoms with Crippen LogP contribution in [0.25, 0.3) is 0 Å². The number of carbonyl (C=O) groups is 1. The van der Waals surface area contributed by atoms with Crippen LogP contribution in [0.2, 0.25) is 0 Å². The maximum absolute atomic E-state index is 13.1. The molecule has 0 fully saturated rings. The molecule has 0 aliphatic rings. The predicted octanol–water partition coefficient (Wildman–Crippen LogP) is 2.45. The molecule has 88 valence electrons. The standard InChI is InChI=1S/C11H13BrFNO2/c1-14(2)11(15)5-6-16-8-3-4-9(12)10(13)7-8/h3-4,7H,5-6H2,1-2H3. The van der Waals surface area contributed by atoms with Crippen LogP contribution in [0.1, 0.15) is 6.42 Å². The molecule has 0 aromatic heterocycles. The van der Waals surface area contributed by atoms with Crippen molar-refractivity contribution < 1.29 is 13.9 Å². The fourth-order valence-corrected chi connectivity index (χ4v) is 1.29. The summed E-state index contributed by atoms with van der Waals surface area (Å²) in [4.78, 5) is 12.7. The molecule has 0 aliphatic carbocycles. The molecule has 3 nitrogen and oxygen atoms in total. The van der Waals surface area contributed by atoms with Gasteiger partial charge in [0.2, 0.25) is 5.91 Å². The number of carbonyl (C=O) groups excluding carboxylic acids is 1. The van der Waals surface area contributed by atoms with Crippen LogP contribution in [0.5, 0.6) is 5.75 Å². The van der Waals surface area contributed by atoms with Gasteiger partial charge in [0.25, 0.3) is 0 Å². The summed E-state index contributed by atoms with van der Waals surface area (Å²) in [6, 6.07) is 4.50. The summed E-state index contributed by atoms with van der Waals surface area (Å²) < 4.78 is 18.7. The zero-order chi connectivity index (χ0) is 12.1. The van der Waals surface area contributed by atoms with Crippen molar-refractivity contribution in [2.45, 2.75) is 6.42 Å². The van der Waals surface area contributed by atoms with Gasteiger partial charge in [-0.25, -0.2) is 4.39 Å². The number of amides is 1. The fourth-order valence-electron chi connectivity index (χ4n) is 1.05. The molecule has 0 spiro atoms. The lowest BCUT2D eigenvalue weighted by molar-refractivity contribution is -0.129. The molecule has 1 aromatic rings. The van der Waals surface area contributed by atoms with E-state index in [1.54, 1.807) is 26.2 Å². The Morgan fingerprint density at radius 3 is 2.75 bits per heavy atom. The number of halogens is 2. The second kappa shape index (κ2) is 5.84. The summed E-state index contributed by atoms with van der Waals surface area (Å²) in [5.74, 6) is 0.0290. The highest BCUT2D eigenvalue weighted by atomic mass is 79.9. The van der Waals surface area contributed by atoms with E-state index in [1.807, 2.05) is 0 Å². The first-order chi connectivity index (χ1) is 7.50. The van der Waals surface area contributed by atoms with Crippen molar-refractivity contribution in [1.29, 1.82) is 0 Å². The molecular formula is C11H13BrFNO2. The van der Waals surface area contributed by atoms with E-state index in [1.165, 1.54) is 11.0 Å². The summed E-state index contributed by atoms with van der Waals surface area (Å²) in [5.41, 5.74) is 0. The van der Waals surface area contributed by atoms with Crippen molar-refractivity contribution in [1.82, 2.24) is 4.90 Å². The minimum atomic E-state index is -0.378. The Labute approximate surface area is 102 Å². The van der Waals surface area contributed by atoms with Gasteiger partial charge in [-0.2, -0.15) is 0 Å². The third-order valence-electron chi connectivity index (χ3n) is 1.97. The predicted molar refractivity (Wildman–Crippen MR) is 62.9 cm³/mol. The maximum atomic E-state index is 13.1. The fraction of sp³-hybridized carbons (Fsp3) is 0.364. The Morgan fingerprint density at radius 1 is 1.50 bits per heavy atom. The number of nitrogens with zero attached hydrogens (tertiary/aromatic N) is 1. The van der Waals surface area contributed by atoms with Gasteiger partial charge < -0.3 is 9.64 Å². The van der Waals surface area contributed by atoms with Crippen molar-refractivity contribution in [2.75, 3.05) is 20.7 Å². The van der Waals surface area contributed by atoms with Gasteiger partial charge in [0.1, 0.15) is 11.6 Å². The molecule has 0 heterocycles. The van der Waals surface area contributed by atoms with Crippen LogP contribution in [0.3, 0.4) is 0 Å². The van der Waals surface area contributed by atoms with E-state index in [0.29, 0.717) is 10.2 Å². The van der Waals surface area contributed by atoms with E-state index in [-0.39, 0.29) is 24.8 Å². The molecular weight excluding hydrogens is 277 g/mol. The van der Waals surface area contributed by atoms with Crippen LogP contribution in [-0.4, -0.2) is 31.5 Å². The quantitative estimate of drug-likeness (QED) is 0.852. The second-order valence-corrected chi connectivity index (χ2v) is 4.32. The van der Waals surface area contributed by atoms with Gasteiger partial charge in [-0.1, -0.05) is 0 Å². The Morgan fingerprint density at radius 2 is 2.19 bits per heavy atom. The lowest BCUT2D eigenvalue weighted by Crippen LogP contribution is -2.23. The molecule has 0 aliphatic heterocycles. The van der Waals surface area contributed by atoms with Gasteiger partial charge in [0.05, 0.1) is 17.5 Å². The molecule has 0 saturated heterocycles. The largest absolute Gasteiger partial charge is 0.493 e. The van der Waals surface area contributed by atoms with Crippen LogP contribution in [0.15, 0.2) is 22.7 Å². The first-order valence-corrected chi connectivity index (χ1v) is 5.58. The minimum Gasteiger partial charge on any atom is -0.493 e. The van der Waals surface area contributed by atoms with E-state index in [2.05, 4.69) is 15.9 Å². The molecule has 1 aromatic carbocycles. The molecule has 0 N–H and O–H groups in total. The number of hydrogen-bond donors (Lipinski definition) is 0. The van der Waals surface area contributed by atoms with E-state index in [9.17, 15) is 9.18 Å². The van der Waals surface area contributed by atoms with Crippen molar-refractivity contribution in [3.05, 3.63) is 28.5 Å². The van der Waals surface area contributed by atoms with Gasteiger partial charge in [-0.15, -0.1) is 0 Å². The lowest BCUT2D eigenvalue weighted by atomic mass is 10.3. The van der Waals surface area contributed by atoms with Crippen LogP contribution in [-0.2, 0) is 4.79 Å². The molecule has 5 heteroatoms. The summed E-state index contributed by atoms with van der Waals surface area (Å²) in [5, 5.41) is 0. The first-order valence-electron chi connectivity index (χ1n) is 4.78. The third kappa shape index (κ3) is 3.81. The Bertz CT molecular complexity index is 382. The Kier molecular flexibility index (Phi) is 4.73. The van der Waals surface area contributed by atoms with Crippen molar-refractivity contribution >= 4 is 21.8 Å². The highest BCUT2D eigenvalue weighted by Crippen LogP contribution is 2.20. The monoisotopic (exact) mass is 289 g/mol. The van der Waals surface area contributed by atoms with E-state index < -0.39 is 0 Å². The van der Waals surface area contributed by atoms with Gasteiger partial charge >= 0.3 is 0 Å². The summed E-state index contributed by atoms with van der Waals surface area (Å²) >= 11 is 3.05. The van der Waals surface area contributed by atoms with Crippen molar-refractivity contribution in [2.24, 2.45) is 0 Å². The van der Waals surface area contributed by atoms with Gasteiger partial charge in [0.15, 0.2) is 0 Å². The molecule has 0 saturated carbocycles. The second-order valence-electron chi connectivity index (χ2n) is 3.46. The van der Waals surface area contributed by atoms with Crippen LogP contribution >= 0.6 is 15.9 Å². The van der Waals surface area contributed by atoms with Gasteiger partial charge in [0, 0.05) is 20.2 Å². The van der Waals surface area contributed by atoms with Gasteiger partial charge in [-0.3, -0.25) is 4.79 Å². The zero-order valence-corrected chi connectivity index (χ0v) is 10.8. The molecule has 1 rings (SSSR count). The Hall–Kier alpha value is -1.10. The summed E-state index contributed by atoms with van der Waals surface area (Å²) in [6.45, 7) is 0.248. The highest BCUT2D eigenvalue weighted by Gasteiger charge is 2.05. The Balaban J connectivity index is 2.43. The number of benzene rings is 1. The minimum absolute atomic E-state index is 0.0161. The smallest absolute Gasteiger partial charge is 0.225 e. The molecule has 0 atom stereocenters. The average molecular weight is 290 g/mol. The van der Waals surface area contributed by atoms with Crippen LogP contribution in [0, 0.1) is 5.82 Å². The summed E-state index contributed by atoms with van der Waals surface area (Å²) in [6.07, 6.45) is 0.282. The number of ether oxygens (including phenoxy) is 1. The van der Waals surface area contributed by atoms with E-state index in [0.717, 1.165) is 0 Å². The van der Waals surface area contributed by atoms with E-state index in [4.69, 9.17) is 4.74 Å². The normalized spacial score (nSPS) is 10.0. The molecule has 1 amide bonds. The number of hydrogen-bond acceptors (Lipinski definition) is 2.